The number of ether oxygens (including phenoxy) is 1. The number of nitrogens with zero attached hydrogens (tertiary/aromatic N) is 1. The molecule has 0 aromatic rings. The molecule has 5 nitrogen and oxygen atoms in total. The zero-order valence-electron chi connectivity index (χ0n) is 18.2. The number of hydroxylamine groups is 3. The molecular formula is C24H35NO4U. The largest absolute Gasteiger partial charge is 0.627 e. The van der Waals surface area contributed by atoms with Gasteiger partial charge in [0.15, 0.2) is 0 Å². The minimum Gasteiger partial charge on any atom is -0.627 e. The topological polar surface area (TPSA) is 69.6 Å². The Morgan fingerprint density at radius 1 is 1.17 bits per heavy atom. The molecule has 1 N–H and O–H groups in total. The van der Waals surface area contributed by atoms with Crippen LogP contribution in [0, 0.1) is 42.2 Å². The summed E-state index contributed by atoms with van der Waals surface area (Å²) in [4.78, 5) is 12.1. The van der Waals surface area contributed by atoms with E-state index in [0.29, 0.717) is 37.6 Å². The van der Waals surface area contributed by atoms with Gasteiger partial charge in [-0.25, -0.2) is 4.79 Å². The van der Waals surface area contributed by atoms with E-state index in [4.69, 9.17) is 4.74 Å². The second-order valence-corrected chi connectivity index (χ2v) is 8.46. The molecule has 0 saturated carbocycles. The van der Waals surface area contributed by atoms with Gasteiger partial charge in [-0.3, -0.25) is 0 Å². The minimum absolute atomic E-state index is 0. The Morgan fingerprint density at radius 2 is 1.87 bits per heavy atom. The van der Waals surface area contributed by atoms with Gasteiger partial charge >= 0.3 is 5.97 Å². The summed E-state index contributed by atoms with van der Waals surface area (Å²) in [6.07, 6.45) is 18.1. The van der Waals surface area contributed by atoms with Crippen molar-refractivity contribution in [3.63, 3.8) is 0 Å². The first-order valence-corrected chi connectivity index (χ1v) is 11.3. The predicted octanol–water partition coefficient (Wildman–Crippen LogP) is 5.60. The first-order valence-electron chi connectivity index (χ1n) is 11.3. The van der Waals surface area contributed by atoms with Crippen molar-refractivity contribution < 1.29 is 50.4 Å². The van der Waals surface area contributed by atoms with Crippen molar-refractivity contribution >= 4 is 5.97 Å². The van der Waals surface area contributed by atoms with Gasteiger partial charge < -0.3 is 19.7 Å². The summed E-state index contributed by atoms with van der Waals surface area (Å²) in [5.41, 5.74) is 1.75. The number of fused-ring (bicyclic) bond motifs is 1. The molecule has 0 bridgehead atoms. The van der Waals surface area contributed by atoms with Crippen LogP contribution >= 0.6 is 0 Å². The van der Waals surface area contributed by atoms with Crippen molar-refractivity contribution in [2.45, 2.75) is 71.1 Å². The second-order valence-electron chi connectivity index (χ2n) is 8.46. The smallest absolute Gasteiger partial charge is 0.339 e. The molecule has 6 heteroatoms. The van der Waals surface area contributed by atoms with Gasteiger partial charge in [0.25, 0.3) is 0 Å². The monoisotopic (exact) mass is 639 g/mol. The van der Waals surface area contributed by atoms with Crippen LogP contribution in [0.5, 0.6) is 0 Å². The fraction of sp³-hybridized carbons (Fsp3) is 0.625. The molecule has 2 aliphatic carbocycles. The van der Waals surface area contributed by atoms with Crippen molar-refractivity contribution in [3.05, 3.63) is 52.1 Å². The van der Waals surface area contributed by atoms with Gasteiger partial charge in [-0.1, -0.05) is 57.3 Å². The summed E-state index contributed by atoms with van der Waals surface area (Å²) in [7, 11) is 0. The number of unbranched alkanes of at least 4 members (excludes halogenated alkanes) is 5. The van der Waals surface area contributed by atoms with E-state index in [9.17, 15) is 15.1 Å². The summed E-state index contributed by atoms with van der Waals surface area (Å²) >= 11 is 0. The maximum absolute atomic E-state index is 13.5. The van der Waals surface area contributed by atoms with E-state index >= 15 is 0 Å². The van der Waals surface area contributed by atoms with Crippen LogP contribution in [0.15, 0.2) is 46.9 Å². The third-order valence-electron chi connectivity index (χ3n) is 6.28. The number of rotatable bonds is 10. The number of carboxylic acids is 1. The Bertz CT molecular complexity index is 717. The van der Waals surface area contributed by atoms with Gasteiger partial charge in [0, 0.05) is 42.8 Å². The SMILES string of the molecule is CCCCCCCCOC1=C(C(=O)O)C=C([N+]2([O-])CCCCC2)C2=CC=CCC21.[U]. The maximum atomic E-state index is 13.5. The van der Waals surface area contributed by atoms with Crippen LogP contribution in [0.2, 0.25) is 0 Å². The van der Waals surface area contributed by atoms with E-state index < -0.39 is 10.6 Å². The molecule has 30 heavy (non-hydrogen) atoms. The molecule has 1 atom stereocenters. The van der Waals surface area contributed by atoms with Crippen molar-refractivity contribution in [1.82, 2.24) is 0 Å². The zero-order chi connectivity index (χ0) is 20.7. The van der Waals surface area contributed by atoms with Gasteiger partial charge in [0.1, 0.15) is 17.0 Å². The van der Waals surface area contributed by atoms with Crippen LogP contribution in [-0.4, -0.2) is 35.4 Å². The molecule has 1 fully saturated rings. The first-order chi connectivity index (χ1) is 14.1. The van der Waals surface area contributed by atoms with Crippen LogP contribution in [0.3, 0.4) is 0 Å². The van der Waals surface area contributed by atoms with Gasteiger partial charge in [0.05, 0.1) is 25.6 Å². The molecule has 0 amide bonds. The summed E-state index contributed by atoms with van der Waals surface area (Å²) in [6.45, 7) is 3.79. The number of hydrogen-bond donors (Lipinski definition) is 1. The summed E-state index contributed by atoms with van der Waals surface area (Å²) in [6, 6.07) is 0. The van der Waals surface area contributed by atoms with Crippen molar-refractivity contribution in [3.8, 4) is 0 Å². The molecular weight excluding hydrogens is 604 g/mol. The van der Waals surface area contributed by atoms with Crippen LogP contribution < -0.4 is 0 Å². The number of carbonyl (C=O) groups is 1. The van der Waals surface area contributed by atoms with E-state index in [2.05, 4.69) is 6.92 Å². The Balaban J connectivity index is 0.00000320. The Kier molecular flexibility index (Phi) is 10.4. The average molecular weight is 640 g/mol. The second kappa shape index (κ2) is 12.3. The number of allylic oxidation sites excluding steroid dienone is 5. The van der Waals surface area contributed by atoms with Crippen LogP contribution in [0.4, 0.5) is 0 Å². The fourth-order valence-corrected chi connectivity index (χ4v) is 4.65. The minimum atomic E-state index is -1.00. The molecule has 164 valence electrons. The molecule has 3 rings (SSSR count). The molecule has 0 spiro atoms. The number of hydrogen-bond acceptors (Lipinski definition) is 3. The molecule has 1 unspecified atom stereocenters. The van der Waals surface area contributed by atoms with Crippen LogP contribution in [-0.2, 0) is 9.53 Å². The van der Waals surface area contributed by atoms with Gasteiger partial charge in [-0.05, 0) is 32.1 Å². The fourth-order valence-electron chi connectivity index (χ4n) is 4.65. The van der Waals surface area contributed by atoms with E-state index in [1.807, 2.05) is 18.2 Å². The van der Waals surface area contributed by atoms with E-state index in [0.717, 1.165) is 37.7 Å². The summed E-state index contributed by atoms with van der Waals surface area (Å²) in [5, 5.41) is 23.4. The van der Waals surface area contributed by atoms with E-state index in [-0.39, 0.29) is 42.6 Å². The quantitative estimate of drug-likeness (QED) is 0.192. The molecule has 1 aliphatic heterocycles. The van der Waals surface area contributed by atoms with Crippen molar-refractivity contribution in [2.75, 3.05) is 19.7 Å². The van der Waals surface area contributed by atoms with Crippen LogP contribution in [0.25, 0.3) is 0 Å². The Labute approximate surface area is 204 Å². The summed E-state index contributed by atoms with van der Waals surface area (Å²) < 4.78 is 5.67. The third kappa shape index (κ3) is 6.13. The molecule has 0 radical (unpaired) electrons. The van der Waals surface area contributed by atoms with E-state index in [1.165, 1.54) is 25.7 Å². The number of piperidine rings is 1. The predicted molar refractivity (Wildman–Crippen MR) is 115 cm³/mol. The number of carboxylic acid groups (broad SMARTS) is 1. The Hall–Kier alpha value is -0.798. The number of quaternary nitrogens is 1. The normalized spacial score (nSPS) is 22.5. The third-order valence-corrected chi connectivity index (χ3v) is 6.28. The van der Waals surface area contributed by atoms with Crippen LogP contribution in [0.1, 0.15) is 71.1 Å². The standard InChI is InChI=1S/C24H35NO4.U/c1-2-3-4-5-6-12-17-29-23-20-14-9-8-13-19(20)22(18-21(23)24(26)27)25(28)15-10-7-11-16-25;/h8-9,13,18,20H,2-7,10-12,14-17H2,1H3,(H,26,27);. The molecule has 0 aromatic carbocycles. The van der Waals surface area contributed by atoms with Gasteiger partial charge in [0.2, 0.25) is 0 Å². The molecule has 0 aromatic heterocycles. The summed E-state index contributed by atoms with van der Waals surface area (Å²) in [5.74, 6) is -0.622. The van der Waals surface area contributed by atoms with E-state index in [1.54, 1.807) is 6.08 Å². The maximum Gasteiger partial charge on any atom is 0.339 e. The molecule has 1 saturated heterocycles. The van der Waals surface area contributed by atoms with Gasteiger partial charge in [-0.15, -0.1) is 0 Å². The average Bonchev–Trinajstić information content (AvgIpc) is 2.73. The van der Waals surface area contributed by atoms with Crippen molar-refractivity contribution in [2.24, 2.45) is 5.92 Å². The first kappa shape index (κ1) is 25.5. The Morgan fingerprint density at radius 3 is 2.57 bits per heavy atom. The number of aliphatic carboxylic acids is 1. The molecule has 3 aliphatic rings. The zero-order valence-corrected chi connectivity index (χ0v) is 22.4. The van der Waals surface area contributed by atoms with Gasteiger partial charge in [-0.2, -0.15) is 0 Å². The molecule has 1 heterocycles. The van der Waals surface area contributed by atoms with Crippen molar-refractivity contribution in [1.29, 1.82) is 0 Å². The number of likely N-dealkylation sites (tertiary alicyclic amines) is 1.